The molecule has 0 bridgehead atoms. The van der Waals surface area contributed by atoms with Crippen LogP contribution in [0.3, 0.4) is 0 Å². The third-order valence-electron chi connectivity index (χ3n) is 3.81. The summed E-state index contributed by atoms with van der Waals surface area (Å²) in [5.41, 5.74) is 1.02. The van der Waals surface area contributed by atoms with Crippen LogP contribution in [0.1, 0.15) is 12.0 Å². The van der Waals surface area contributed by atoms with E-state index in [-0.39, 0.29) is 4.90 Å². The van der Waals surface area contributed by atoms with Gasteiger partial charge in [-0.05, 0) is 42.7 Å². The monoisotopic (exact) mass is 390 g/mol. The molecule has 2 aromatic rings. The highest BCUT2D eigenvalue weighted by molar-refractivity contribution is 7.89. The molecule has 0 saturated heterocycles. The van der Waals surface area contributed by atoms with E-state index in [1.54, 1.807) is 19.2 Å². The second kappa shape index (κ2) is 10.5. The van der Waals surface area contributed by atoms with Crippen molar-refractivity contribution in [2.24, 2.45) is 10.1 Å². The lowest BCUT2D eigenvalue weighted by molar-refractivity contribution is 0.311. The molecule has 0 amide bonds. The van der Waals surface area contributed by atoms with E-state index in [0.29, 0.717) is 13.2 Å². The van der Waals surface area contributed by atoms with Gasteiger partial charge >= 0.3 is 0 Å². The molecular weight excluding hydrogens is 364 g/mol. The zero-order chi connectivity index (χ0) is 19.5. The van der Waals surface area contributed by atoms with Gasteiger partial charge in [0.1, 0.15) is 5.75 Å². The number of benzene rings is 2. The SMILES string of the molecule is CN=C(NCCCOc1ccccc1)NCCc1ccc(S(N)(=O)=O)cc1. The summed E-state index contributed by atoms with van der Waals surface area (Å²) >= 11 is 0. The lowest BCUT2D eigenvalue weighted by Crippen LogP contribution is -2.39. The van der Waals surface area contributed by atoms with Crippen molar-refractivity contribution in [3.05, 3.63) is 60.2 Å². The normalized spacial score (nSPS) is 11.9. The summed E-state index contributed by atoms with van der Waals surface area (Å²) < 4.78 is 28.1. The molecule has 0 atom stereocenters. The smallest absolute Gasteiger partial charge is 0.238 e. The largest absolute Gasteiger partial charge is 0.494 e. The zero-order valence-corrected chi connectivity index (χ0v) is 16.2. The highest BCUT2D eigenvalue weighted by Gasteiger charge is 2.06. The number of rotatable bonds is 9. The van der Waals surface area contributed by atoms with Crippen molar-refractivity contribution in [1.29, 1.82) is 0 Å². The number of nitrogens with two attached hydrogens (primary N) is 1. The van der Waals surface area contributed by atoms with Crippen LogP contribution in [0.15, 0.2) is 64.5 Å². The van der Waals surface area contributed by atoms with Crippen molar-refractivity contribution in [1.82, 2.24) is 10.6 Å². The Labute approximate surface area is 160 Å². The molecule has 8 heteroatoms. The first-order chi connectivity index (χ1) is 13.0. The number of guanidine groups is 1. The zero-order valence-electron chi connectivity index (χ0n) is 15.4. The van der Waals surface area contributed by atoms with Crippen molar-refractivity contribution < 1.29 is 13.2 Å². The minimum Gasteiger partial charge on any atom is -0.494 e. The molecule has 0 aliphatic carbocycles. The van der Waals surface area contributed by atoms with E-state index in [1.165, 1.54) is 12.1 Å². The van der Waals surface area contributed by atoms with Crippen LogP contribution in [0.25, 0.3) is 0 Å². The predicted molar refractivity (Wildman–Crippen MR) is 107 cm³/mol. The minimum absolute atomic E-state index is 0.120. The fraction of sp³-hybridized carbons (Fsp3) is 0.316. The van der Waals surface area contributed by atoms with Gasteiger partial charge in [0.05, 0.1) is 11.5 Å². The average molecular weight is 391 g/mol. The number of para-hydroxylation sites is 1. The van der Waals surface area contributed by atoms with E-state index in [1.807, 2.05) is 30.3 Å². The third kappa shape index (κ3) is 7.67. The summed E-state index contributed by atoms with van der Waals surface area (Å²) in [4.78, 5) is 4.30. The van der Waals surface area contributed by atoms with Crippen LogP contribution < -0.4 is 20.5 Å². The standard InChI is InChI=1S/C19H26N4O3S/c1-21-19(22-13-5-15-26-17-6-3-2-4-7-17)23-14-12-16-8-10-18(11-9-16)27(20,24)25/h2-4,6-11H,5,12-15H2,1H3,(H2,20,24,25)(H2,21,22,23). The Balaban J connectivity index is 1.64. The average Bonchev–Trinajstić information content (AvgIpc) is 2.67. The van der Waals surface area contributed by atoms with Crippen LogP contribution in [0.2, 0.25) is 0 Å². The Bertz CT molecular complexity index is 822. The Morgan fingerprint density at radius 1 is 1.04 bits per heavy atom. The summed E-state index contributed by atoms with van der Waals surface area (Å²) in [6.07, 6.45) is 1.59. The van der Waals surface area contributed by atoms with Crippen molar-refractivity contribution in [2.75, 3.05) is 26.7 Å². The Morgan fingerprint density at radius 2 is 1.70 bits per heavy atom. The predicted octanol–water partition coefficient (Wildman–Crippen LogP) is 1.51. The van der Waals surface area contributed by atoms with Gasteiger partial charge in [-0.3, -0.25) is 4.99 Å². The molecule has 4 N–H and O–H groups in total. The number of nitrogens with one attached hydrogen (secondary N) is 2. The third-order valence-corrected chi connectivity index (χ3v) is 4.74. The lowest BCUT2D eigenvalue weighted by Gasteiger charge is -2.12. The highest BCUT2D eigenvalue weighted by Crippen LogP contribution is 2.09. The highest BCUT2D eigenvalue weighted by atomic mass is 32.2. The summed E-state index contributed by atoms with van der Waals surface area (Å²) in [5.74, 6) is 1.59. The van der Waals surface area contributed by atoms with E-state index in [9.17, 15) is 8.42 Å². The van der Waals surface area contributed by atoms with Crippen LogP contribution in [-0.4, -0.2) is 41.1 Å². The fourth-order valence-corrected chi connectivity index (χ4v) is 2.89. The molecule has 0 aromatic heterocycles. The molecule has 0 saturated carbocycles. The van der Waals surface area contributed by atoms with E-state index in [4.69, 9.17) is 9.88 Å². The van der Waals surface area contributed by atoms with E-state index >= 15 is 0 Å². The van der Waals surface area contributed by atoms with Gasteiger partial charge in [0.2, 0.25) is 10.0 Å². The second-order valence-corrected chi connectivity index (χ2v) is 7.44. The molecule has 0 heterocycles. The molecule has 0 fully saturated rings. The van der Waals surface area contributed by atoms with Crippen molar-refractivity contribution in [3.8, 4) is 5.75 Å². The van der Waals surface area contributed by atoms with Crippen molar-refractivity contribution in [2.45, 2.75) is 17.7 Å². The van der Waals surface area contributed by atoms with Crippen LogP contribution in [0.5, 0.6) is 5.75 Å². The number of primary sulfonamides is 1. The van der Waals surface area contributed by atoms with E-state index in [0.717, 1.165) is 36.7 Å². The first kappa shape index (κ1) is 20.7. The summed E-state index contributed by atoms with van der Waals surface area (Å²) in [6.45, 7) is 2.05. The molecule has 0 aliphatic heterocycles. The van der Waals surface area contributed by atoms with E-state index < -0.39 is 10.0 Å². The number of nitrogens with zero attached hydrogens (tertiary/aromatic N) is 1. The van der Waals surface area contributed by atoms with Gasteiger partial charge in [-0.25, -0.2) is 13.6 Å². The quantitative estimate of drug-likeness (QED) is 0.342. The Kier molecular flexibility index (Phi) is 8.09. The molecule has 2 aromatic carbocycles. The summed E-state index contributed by atoms with van der Waals surface area (Å²) in [7, 11) is -1.93. The number of sulfonamides is 1. The number of aliphatic imine (C=N–C) groups is 1. The van der Waals surface area contributed by atoms with Gasteiger partial charge in [-0.2, -0.15) is 0 Å². The van der Waals surface area contributed by atoms with E-state index in [2.05, 4.69) is 15.6 Å². The van der Waals surface area contributed by atoms with Gasteiger partial charge in [0, 0.05) is 20.1 Å². The maximum Gasteiger partial charge on any atom is 0.238 e. The maximum absolute atomic E-state index is 11.2. The van der Waals surface area contributed by atoms with Crippen LogP contribution in [0.4, 0.5) is 0 Å². The second-order valence-electron chi connectivity index (χ2n) is 5.88. The first-order valence-electron chi connectivity index (χ1n) is 8.73. The maximum atomic E-state index is 11.2. The Hall–Kier alpha value is -2.58. The van der Waals surface area contributed by atoms with Crippen molar-refractivity contribution >= 4 is 16.0 Å². The van der Waals surface area contributed by atoms with Gasteiger partial charge in [0.15, 0.2) is 5.96 Å². The molecule has 0 unspecified atom stereocenters. The minimum atomic E-state index is -3.65. The van der Waals surface area contributed by atoms with Gasteiger partial charge in [-0.1, -0.05) is 30.3 Å². The number of ether oxygens (including phenoxy) is 1. The molecule has 7 nitrogen and oxygen atoms in total. The van der Waals surface area contributed by atoms with Gasteiger partial charge < -0.3 is 15.4 Å². The lowest BCUT2D eigenvalue weighted by atomic mass is 10.1. The molecule has 0 radical (unpaired) electrons. The van der Waals surface area contributed by atoms with Crippen LogP contribution in [0, 0.1) is 0 Å². The summed E-state index contributed by atoms with van der Waals surface area (Å²) in [6, 6.07) is 16.3. The number of hydrogen-bond acceptors (Lipinski definition) is 4. The molecule has 0 aliphatic rings. The first-order valence-corrected chi connectivity index (χ1v) is 10.3. The fourth-order valence-electron chi connectivity index (χ4n) is 2.38. The molecular formula is C19H26N4O3S. The van der Waals surface area contributed by atoms with Crippen LogP contribution in [-0.2, 0) is 16.4 Å². The Morgan fingerprint density at radius 3 is 2.33 bits per heavy atom. The topological polar surface area (TPSA) is 106 Å². The van der Waals surface area contributed by atoms with Crippen molar-refractivity contribution in [3.63, 3.8) is 0 Å². The van der Waals surface area contributed by atoms with Gasteiger partial charge in [0.25, 0.3) is 0 Å². The molecule has 0 spiro atoms. The van der Waals surface area contributed by atoms with Gasteiger partial charge in [-0.15, -0.1) is 0 Å². The molecule has 27 heavy (non-hydrogen) atoms. The van der Waals surface area contributed by atoms with Crippen LogP contribution >= 0.6 is 0 Å². The number of hydrogen-bond donors (Lipinski definition) is 3. The summed E-state index contributed by atoms with van der Waals surface area (Å²) in [5, 5.41) is 11.6. The molecule has 2 rings (SSSR count). The molecule has 146 valence electrons.